The Morgan fingerprint density at radius 1 is 1.47 bits per heavy atom. The molecule has 0 saturated heterocycles. The minimum Gasteiger partial charge on any atom is -0.366 e. The summed E-state index contributed by atoms with van der Waals surface area (Å²) in [5.74, 6) is 1.73. The Bertz CT molecular complexity index is 390. The van der Waals surface area contributed by atoms with E-state index in [1.807, 2.05) is 11.8 Å². The van der Waals surface area contributed by atoms with E-state index < -0.39 is 0 Å². The van der Waals surface area contributed by atoms with Crippen molar-refractivity contribution >= 4 is 17.4 Å². The molecule has 1 aliphatic heterocycles. The third-order valence-electron chi connectivity index (χ3n) is 3.32. The first kappa shape index (κ1) is 12.8. The van der Waals surface area contributed by atoms with Crippen molar-refractivity contribution in [1.29, 1.82) is 0 Å². The third-order valence-corrected chi connectivity index (χ3v) is 4.61. The monoisotopic (exact) mass is 250 g/mol. The quantitative estimate of drug-likeness (QED) is 0.894. The van der Waals surface area contributed by atoms with E-state index >= 15 is 0 Å². The van der Waals surface area contributed by atoms with Crippen LogP contribution in [0.3, 0.4) is 0 Å². The van der Waals surface area contributed by atoms with Crippen LogP contribution in [0.25, 0.3) is 0 Å². The van der Waals surface area contributed by atoms with E-state index in [4.69, 9.17) is 5.73 Å². The van der Waals surface area contributed by atoms with Gasteiger partial charge in [-0.3, -0.25) is 0 Å². The van der Waals surface area contributed by atoms with Gasteiger partial charge in [0.05, 0.1) is 5.69 Å². The molecule has 0 aromatic heterocycles. The van der Waals surface area contributed by atoms with Crippen molar-refractivity contribution in [2.75, 3.05) is 23.7 Å². The molecule has 0 fully saturated rings. The van der Waals surface area contributed by atoms with Crippen LogP contribution in [-0.2, 0) is 0 Å². The first-order valence-electron chi connectivity index (χ1n) is 6.37. The Labute approximate surface area is 109 Å². The topological polar surface area (TPSA) is 29.3 Å². The molecule has 2 nitrogen and oxygen atoms in total. The molecule has 0 aliphatic carbocycles. The SMILES string of the molecule is CC(C)c1cccc2c1N(CCN)C(C)CS2. The van der Waals surface area contributed by atoms with Crippen molar-refractivity contribution in [1.82, 2.24) is 0 Å². The lowest BCUT2D eigenvalue weighted by Gasteiger charge is -2.38. The Morgan fingerprint density at radius 3 is 2.88 bits per heavy atom. The van der Waals surface area contributed by atoms with E-state index in [2.05, 4.69) is 43.9 Å². The fourth-order valence-corrected chi connectivity index (χ4v) is 3.57. The van der Waals surface area contributed by atoms with E-state index in [0.29, 0.717) is 12.0 Å². The fraction of sp³-hybridized carbons (Fsp3) is 0.571. The molecule has 0 amide bonds. The molecule has 0 bridgehead atoms. The van der Waals surface area contributed by atoms with Crippen molar-refractivity contribution in [3.05, 3.63) is 23.8 Å². The lowest BCUT2D eigenvalue weighted by Crippen LogP contribution is -2.41. The Kier molecular flexibility index (Phi) is 4.00. The van der Waals surface area contributed by atoms with E-state index in [0.717, 1.165) is 18.8 Å². The van der Waals surface area contributed by atoms with Gasteiger partial charge >= 0.3 is 0 Å². The predicted octanol–water partition coefficient (Wildman–Crippen LogP) is 3.07. The van der Waals surface area contributed by atoms with Crippen molar-refractivity contribution in [3.63, 3.8) is 0 Å². The van der Waals surface area contributed by atoms with Gasteiger partial charge < -0.3 is 10.6 Å². The zero-order valence-electron chi connectivity index (χ0n) is 10.9. The molecule has 0 spiro atoms. The summed E-state index contributed by atoms with van der Waals surface area (Å²) in [5, 5.41) is 0. The lowest BCUT2D eigenvalue weighted by molar-refractivity contribution is 0.668. The van der Waals surface area contributed by atoms with Crippen LogP contribution in [0, 0.1) is 0 Å². The first-order valence-corrected chi connectivity index (χ1v) is 7.36. The fourth-order valence-electron chi connectivity index (χ4n) is 2.42. The largest absolute Gasteiger partial charge is 0.366 e. The van der Waals surface area contributed by atoms with Crippen molar-refractivity contribution in [2.24, 2.45) is 5.73 Å². The zero-order valence-corrected chi connectivity index (χ0v) is 11.8. The second-order valence-corrected chi connectivity index (χ2v) is 6.05. The van der Waals surface area contributed by atoms with Crippen LogP contribution in [0.4, 0.5) is 5.69 Å². The van der Waals surface area contributed by atoms with Gasteiger partial charge in [0.1, 0.15) is 0 Å². The summed E-state index contributed by atoms with van der Waals surface area (Å²) in [6.07, 6.45) is 0. The molecule has 94 valence electrons. The minimum absolute atomic E-state index is 0.566. The van der Waals surface area contributed by atoms with Gasteiger partial charge in [-0.2, -0.15) is 0 Å². The predicted molar refractivity (Wildman–Crippen MR) is 77.1 cm³/mol. The maximum atomic E-state index is 5.76. The van der Waals surface area contributed by atoms with Gasteiger partial charge in [-0.1, -0.05) is 26.0 Å². The molecule has 2 rings (SSSR count). The molecule has 1 heterocycles. The summed E-state index contributed by atoms with van der Waals surface area (Å²) in [5.41, 5.74) is 8.64. The normalized spacial score (nSPS) is 19.6. The maximum Gasteiger partial charge on any atom is 0.0542 e. The standard InChI is InChI=1S/C14H22N2S/c1-10(2)12-5-4-6-13-14(12)16(8-7-15)11(3)9-17-13/h4-6,10-11H,7-9,15H2,1-3H3. The van der Waals surface area contributed by atoms with Crippen molar-refractivity contribution < 1.29 is 0 Å². The summed E-state index contributed by atoms with van der Waals surface area (Å²) in [6.45, 7) is 8.50. The van der Waals surface area contributed by atoms with Crippen molar-refractivity contribution in [3.8, 4) is 0 Å². The van der Waals surface area contributed by atoms with Crippen LogP contribution < -0.4 is 10.6 Å². The second kappa shape index (κ2) is 5.32. The van der Waals surface area contributed by atoms with Gasteiger partial charge in [0.25, 0.3) is 0 Å². The van der Waals surface area contributed by atoms with E-state index in [9.17, 15) is 0 Å². The smallest absolute Gasteiger partial charge is 0.0542 e. The first-order chi connectivity index (χ1) is 8.15. The van der Waals surface area contributed by atoms with Gasteiger partial charge in [-0.25, -0.2) is 0 Å². The molecule has 1 aliphatic rings. The summed E-state index contributed by atoms with van der Waals surface area (Å²) in [6, 6.07) is 7.25. The molecule has 1 aromatic carbocycles. The summed E-state index contributed by atoms with van der Waals surface area (Å²) >= 11 is 1.98. The number of hydrogen-bond acceptors (Lipinski definition) is 3. The number of thioether (sulfide) groups is 1. The average molecular weight is 250 g/mol. The summed E-state index contributed by atoms with van der Waals surface area (Å²) in [4.78, 5) is 3.91. The third kappa shape index (κ3) is 2.45. The highest BCUT2D eigenvalue weighted by Gasteiger charge is 2.26. The van der Waals surface area contributed by atoms with Crippen LogP contribution >= 0.6 is 11.8 Å². The van der Waals surface area contributed by atoms with Crippen LogP contribution in [0.1, 0.15) is 32.3 Å². The number of nitrogens with zero attached hydrogens (tertiary/aromatic N) is 1. The summed E-state index contributed by atoms with van der Waals surface area (Å²) < 4.78 is 0. The zero-order chi connectivity index (χ0) is 12.4. The number of para-hydroxylation sites is 1. The molecular formula is C14H22N2S. The Balaban J connectivity index is 2.47. The van der Waals surface area contributed by atoms with Gasteiger partial charge in [-0.15, -0.1) is 11.8 Å². The molecular weight excluding hydrogens is 228 g/mol. The van der Waals surface area contributed by atoms with Crippen LogP contribution in [0.15, 0.2) is 23.1 Å². The van der Waals surface area contributed by atoms with Gasteiger partial charge in [0.2, 0.25) is 0 Å². The van der Waals surface area contributed by atoms with Crippen LogP contribution in [-0.4, -0.2) is 24.9 Å². The molecule has 0 saturated carbocycles. The molecule has 2 N–H and O–H groups in total. The van der Waals surface area contributed by atoms with Gasteiger partial charge in [0, 0.05) is 29.8 Å². The van der Waals surface area contributed by atoms with E-state index in [1.165, 1.54) is 16.1 Å². The highest BCUT2D eigenvalue weighted by Crippen LogP contribution is 2.41. The lowest BCUT2D eigenvalue weighted by atomic mass is 9.99. The maximum absolute atomic E-state index is 5.76. The second-order valence-electron chi connectivity index (χ2n) is 4.99. The van der Waals surface area contributed by atoms with E-state index in [-0.39, 0.29) is 0 Å². The average Bonchev–Trinajstić information content (AvgIpc) is 2.32. The highest BCUT2D eigenvalue weighted by molar-refractivity contribution is 7.99. The summed E-state index contributed by atoms with van der Waals surface area (Å²) in [7, 11) is 0. The molecule has 1 unspecified atom stereocenters. The van der Waals surface area contributed by atoms with Gasteiger partial charge in [0.15, 0.2) is 0 Å². The van der Waals surface area contributed by atoms with Crippen LogP contribution in [0.2, 0.25) is 0 Å². The number of nitrogens with two attached hydrogens (primary N) is 1. The molecule has 0 radical (unpaired) electrons. The minimum atomic E-state index is 0.566. The van der Waals surface area contributed by atoms with Gasteiger partial charge in [-0.05, 0) is 24.5 Å². The van der Waals surface area contributed by atoms with Crippen molar-refractivity contribution in [2.45, 2.75) is 37.6 Å². The molecule has 3 heteroatoms. The molecule has 1 atom stereocenters. The number of benzene rings is 1. The number of anilines is 1. The molecule has 17 heavy (non-hydrogen) atoms. The highest BCUT2D eigenvalue weighted by atomic mass is 32.2. The Hall–Kier alpha value is -0.670. The molecule has 1 aromatic rings. The number of rotatable bonds is 3. The van der Waals surface area contributed by atoms with E-state index in [1.54, 1.807) is 0 Å². The Morgan fingerprint density at radius 2 is 2.24 bits per heavy atom. The van der Waals surface area contributed by atoms with Crippen LogP contribution in [0.5, 0.6) is 0 Å². The number of hydrogen-bond donors (Lipinski definition) is 1. The number of fused-ring (bicyclic) bond motifs is 1.